The summed E-state index contributed by atoms with van der Waals surface area (Å²) in [6.07, 6.45) is 3.20. The van der Waals surface area contributed by atoms with E-state index < -0.39 is 17.7 Å². The molecular weight excluding hydrogens is 484 g/mol. The second-order valence-corrected chi connectivity index (χ2v) is 10.1. The van der Waals surface area contributed by atoms with Gasteiger partial charge >= 0.3 is 5.91 Å². The Hall–Kier alpha value is -3.97. The minimum Gasteiger partial charge on any atom is -0.507 e. The van der Waals surface area contributed by atoms with Gasteiger partial charge in [-0.15, -0.1) is 0 Å². The monoisotopic (exact) mass is 512 g/mol. The van der Waals surface area contributed by atoms with Crippen molar-refractivity contribution in [3.05, 3.63) is 95.1 Å². The third kappa shape index (κ3) is 4.87. The molecule has 1 unspecified atom stereocenters. The predicted octanol–water partition coefficient (Wildman–Crippen LogP) is 6.80. The van der Waals surface area contributed by atoms with Gasteiger partial charge in [-0.3, -0.25) is 14.5 Å². The number of carbonyl (C=O) groups excluding carboxylic acids is 2. The molecule has 4 aromatic rings. The number of aliphatic hydroxyl groups excluding tert-OH is 1. The number of rotatable bonds is 8. The van der Waals surface area contributed by atoms with E-state index in [1.165, 1.54) is 16.2 Å². The number of thiazole rings is 1. The molecule has 7 heteroatoms. The highest BCUT2D eigenvalue weighted by atomic mass is 32.1. The molecule has 1 saturated heterocycles. The number of aryl methyl sites for hydroxylation is 1. The van der Waals surface area contributed by atoms with Crippen LogP contribution in [0.4, 0.5) is 5.13 Å². The SMILES string of the molecule is CCCCCOc1ccc(C2/C(=C(\O)c3ccccc3)C(=O)C(=O)N2c2nc3ccc(C)cc3s2)cc1. The quantitative estimate of drug-likeness (QED) is 0.122. The van der Waals surface area contributed by atoms with Gasteiger partial charge in [-0.2, -0.15) is 0 Å². The van der Waals surface area contributed by atoms with Gasteiger partial charge in [0.05, 0.1) is 28.4 Å². The topological polar surface area (TPSA) is 79.7 Å². The first kappa shape index (κ1) is 24.7. The molecule has 1 aliphatic heterocycles. The van der Waals surface area contributed by atoms with E-state index in [0.717, 1.165) is 40.8 Å². The number of amides is 1. The number of carbonyl (C=O) groups is 2. The number of unbranched alkanes of at least 4 members (excludes halogenated alkanes) is 2. The molecule has 1 aliphatic rings. The lowest BCUT2D eigenvalue weighted by molar-refractivity contribution is -0.132. The van der Waals surface area contributed by atoms with Crippen molar-refractivity contribution in [2.75, 3.05) is 11.5 Å². The Morgan fingerprint density at radius 2 is 1.78 bits per heavy atom. The van der Waals surface area contributed by atoms with Crippen molar-refractivity contribution in [3.8, 4) is 5.75 Å². The third-order valence-corrected chi connectivity index (χ3v) is 7.46. The summed E-state index contributed by atoms with van der Waals surface area (Å²) in [5.74, 6) is -0.932. The van der Waals surface area contributed by atoms with Crippen molar-refractivity contribution in [3.63, 3.8) is 0 Å². The molecule has 3 aromatic carbocycles. The molecule has 1 N–H and O–H groups in total. The number of fused-ring (bicyclic) bond motifs is 1. The van der Waals surface area contributed by atoms with E-state index in [0.29, 0.717) is 22.9 Å². The van der Waals surface area contributed by atoms with E-state index in [-0.39, 0.29) is 11.3 Å². The Kier molecular flexibility index (Phi) is 7.06. The Balaban J connectivity index is 1.59. The Morgan fingerprint density at radius 3 is 2.51 bits per heavy atom. The molecule has 6 nitrogen and oxygen atoms in total. The molecule has 0 saturated carbocycles. The Labute approximate surface area is 219 Å². The molecule has 1 amide bonds. The van der Waals surface area contributed by atoms with E-state index in [4.69, 9.17) is 4.74 Å². The number of benzene rings is 3. The van der Waals surface area contributed by atoms with E-state index in [1.807, 2.05) is 55.5 Å². The lowest BCUT2D eigenvalue weighted by Crippen LogP contribution is -2.29. The first-order valence-electron chi connectivity index (χ1n) is 12.4. The zero-order chi connectivity index (χ0) is 25.9. The van der Waals surface area contributed by atoms with Gasteiger partial charge < -0.3 is 9.84 Å². The Morgan fingerprint density at radius 1 is 1.03 bits per heavy atom. The minimum absolute atomic E-state index is 0.0447. The van der Waals surface area contributed by atoms with Crippen molar-refractivity contribution in [2.24, 2.45) is 0 Å². The lowest BCUT2D eigenvalue weighted by Gasteiger charge is -2.23. The first-order chi connectivity index (χ1) is 18.0. The van der Waals surface area contributed by atoms with Crippen molar-refractivity contribution in [1.82, 2.24) is 4.98 Å². The van der Waals surface area contributed by atoms with Gasteiger partial charge in [-0.1, -0.05) is 79.6 Å². The number of Topliss-reactive ketones (excluding diaryl/α,β-unsaturated/α-hetero) is 1. The second-order valence-electron chi connectivity index (χ2n) is 9.13. The van der Waals surface area contributed by atoms with Gasteiger partial charge in [0.2, 0.25) is 0 Å². The average Bonchev–Trinajstić information content (AvgIpc) is 3.44. The fraction of sp³-hybridized carbons (Fsp3) is 0.233. The van der Waals surface area contributed by atoms with Crippen LogP contribution in [0.2, 0.25) is 0 Å². The fourth-order valence-corrected chi connectivity index (χ4v) is 5.60. The van der Waals surface area contributed by atoms with E-state index in [9.17, 15) is 14.7 Å². The highest BCUT2D eigenvalue weighted by molar-refractivity contribution is 7.22. The van der Waals surface area contributed by atoms with Gasteiger partial charge in [-0.25, -0.2) is 4.98 Å². The smallest absolute Gasteiger partial charge is 0.301 e. The standard InChI is InChI=1S/C30H28N2O4S/c1-3-4-8-17-36-22-14-12-20(13-15-22)26-25(27(33)21-9-6-5-7-10-21)28(34)29(35)32(26)30-31-23-16-11-19(2)18-24(23)37-30/h5-7,9-16,18,26,33H,3-4,8,17H2,1-2H3/b27-25+. The summed E-state index contributed by atoms with van der Waals surface area (Å²) in [6, 6.07) is 21.2. The van der Waals surface area contributed by atoms with Crippen molar-refractivity contribution >= 4 is 44.1 Å². The van der Waals surface area contributed by atoms with Crippen molar-refractivity contribution < 1.29 is 19.4 Å². The zero-order valence-electron chi connectivity index (χ0n) is 20.8. The van der Waals surface area contributed by atoms with Crippen molar-refractivity contribution in [2.45, 2.75) is 39.2 Å². The van der Waals surface area contributed by atoms with Gasteiger partial charge in [0.15, 0.2) is 5.13 Å². The van der Waals surface area contributed by atoms with Crippen LogP contribution in [0.1, 0.15) is 48.9 Å². The molecule has 2 heterocycles. The molecule has 188 valence electrons. The summed E-state index contributed by atoms with van der Waals surface area (Å²) in [5.41, 5.74) is 3.04. The normalized spacial score (nSPS) is 17.0. The van der Waals surface area contributed by atoms with Crippen LogP contribution in [0.15, 0.2) is 78.4 Å². The number of aromatic nitrogens is 1. The van der Waals surface area contributed by atoms with E-state index >= 15 is 0 Å². The van der Waals surface area contributed by atoms with Gasteiger partial charge in [0.25, 0.3) is 5.78 Å². The molecule has 37 heavy (non-hydrogen) atoms. The summed E-state index contributed by atoms with van der Waals surface area (Å²) in [6.45, 7) is 4.77. The number of ether oxygens (including phenoxy) is 1. The molecular formula is C30H28N2O4S. The summed E-state index contributed by atoms with van der Waals surface area (Å²) >= 11 is 1.35. The second kappa shape index (κ2) is 10.6. The van der Waals surface area contributed by atoms with Crippen LogP contribution in [0, 0.1) is 6.92 Å². The number of aliphatic hydroxyl groups is 1. The van der Waals surface area contributed by atoms with Crippen LogP contribution < -0.4 is 9.64 Å². The molecule has 1 fully saturated rings. The van der Waals surface area contributed by atoms with Crippen LogP contribution in [0.25, 0.3) is 16.0 Å². The summed E-state index contributed by atoms with van der Waals surface area (Å²) in [5, 5.41) is 11.7. The van der Waals surface area contributed by atoms with Gasteiger partial charge in [-0.05, 0) is 48.7 Å². The number of hydrogen-bond acceptors (Lipinski definition) is 6. The third-order valence-electron chi connectivity index (χ3n) is 6.44. The number of hydrogen-bond donors (Lipinski definition) is 1. The summed E-state index contributed by atoms with van der Waals surface area (Å²) in [7, 11) is 0. The van der Waals surface area contributed by atoms with Gasteiger partial charge in [0, 0.05) is 5.56 Å². The molecule has 1 aromatic heterocycles. The average molecular weight is 513 g/mol. The molecule has 0 aliphatic carbocycles. The van der Waals surface area contributed by atoms with Gasteiger partial charge in [0.1, 0.15) is 11.5 Å². The molecule has 5 rings (SSSR count). The molecule has 0 bridgehead atoms. The molecule has 0 spiro atoms. The molecule has 0 radical (unpaired) electrons. The fourth-order valence-electron chi connectivity index (χ4n) is 4.51. The number of anilines is 1. The van der Waals surface area contributed by atoms with Crippen molar-refractivity contribution in [1.29, 1.82) is 0 Å². The van der Waals surface area contributed by atoms with E-state index in [2.05, 4.69) is 11.9 Å². The largest absolute Gasteiger partial charge is 0.507 e. The van der Waals surface area contributed by atoms with Crippen LogP contribution in [-0.2, 0) is 9.59 Å². The lowest BCUT2D eigenvalue weighted by atomic mass is 9.95. The maximum absolute atomic E-state index is 13.4. The highest BCUT2D eigenvalue weighted by Crippen LogP contribution is 2.44. The van der Waals surface area contributed by atoms with Crippen LogP contribution in [-0.4, -0.2) is 28.4 Å². The Bertz CT molecular complexity index is 1470. The maximum atomic E-state index is 13.4. The minimum atomic E-state index is -0.823. The number of nitrogens with zero attached hydrogens (tertiary/aromatic N) is 2. The summed E-state index contributed by atoms with van der Waals surface area (Å²) in [4.78, 5) is 32.9. The zero-order valence-corrected chi connectivity index (χ0v) is 21.6. The highest BCUT2D eigenvalue weighted by Gasteiger charge is 2.48. The summed E-state index contributed by atoms with van der Waals surface area (Å²) < 4.78 is 6.78. The van der Waals surface area contributed by atoms with Crippen LogP contribution in [0.5, 0.6) is 5.75 Å². The predicted molar refractivity (Wildman–Crippen MR) is 147 cm³/mol. The van der Waals surface area contributed by atoms with Crippen LogP contribution in [0.3, 0.4) is 0 Å². The first-order valence-corrected chi connectivity index (χ1v) is 13.3. The maximum Gasteiger partial charge on any atom is 0.301 e. The van der Waals surface area contributed by atoms with Crippen LogP contribution >= 0.6 is 11.3 Å². The number of ketones is 1. The van der Waals surface area contributed by atoms with E-state index in [1.54, 1.807) is 24.3 Å². The molecule has 1 atom stereocenters.